The summed E-state index contributed by atoms with van der Waals surface area (Å²) >= 11 is 0.764. The van der Waals surface area contributed by atoms with Gasteiger partial charge in [0.2, 0.25) is 0 Å². The van der Waals surface area contributed by atoms with Gasteiger partial charge in [0.1, 0.15) is 0 Å². The number of rotatable bonds is 1. The Balaban J connectivity index is 0. The van der Waals surface area contributed by atoms with Gasteiger partial charge in [-0.05, 0) is 0 Å². The molecule has 0 aliphatic carbocycles. The van der Waals surface area contributed by atoms with Crippen LogP contribution >= 0.6 is 11.9 Å². The molecule has 0 saturated heterocycles. The van der Waals surface area contributed by atoms with Crippen LogP contribution in [0.3, 0.4) is 0 Å². The standard InChI is InChI=1S/ClIO3.K/c1-5-2(3)4;/q;+1. The molecule has 0 aromatic rings. The molecule has 6 heavy (non-hydrogen) atoms. The van der Waals surface area contributed by atoms with Crippen LogP contribution in [0.15, 0.2) is 0 Å². The summed E-state index contributed by atoms with van der Waals surface area (Å²) in [7, 11) is 0. The summed E-state index contributed by atoms with van der Waals surface area (Å²) in [6, 6.07) is 0. The zero-order valence-corrected chi connectivity index (χ0v) is 9.02. The smallest absolute Gasteiger partial charge is 0.395 e. The van der Waals surface area contributed by atoms with Crippen LogP contribution in [0.5, 0.6) is 0 Å². The largest absolute Gasteiger partial charge is 1.00 e. The van der Waals surface area contributed by atoms with E-state index < -0.39 is 21.1 Å². The molecule has 0 radical (unpaired) electrons. The van der Waals surface area contributed by atoms with E-state index in [0.717, 1.165) is 0 Å². The van der Waals surface area contributed by atoms with Crippen LogP contribution < -0.4 is 79.3 Å². The van der Waals surface area contributed by atoms with E-state index in [-0.39, 0.29) is 51.4 Å². The van der Waals surface area contributed by atoms with Crippen molar-refractivity contribution in [2.75, 3.05) is 0 Å². The molecular weight excluding hydrogens is 249 g/mol. The molecule has 0 saturated carbocycles. The average Bonchev–Trinajstić information content (AvgIpc) is 1.38. The number of halogens is 2. The molecular formula is ClIKO3+. The van der Waals surface area contributed by atoms with Gasteiger partial charge < -0.3 is 6.87 Å². The first-order chi connectivity index (χ1) is 2.27. The summed E-state index contributed by atoms with van der Waals surface area (Å²) in [6.45, 7) is 0. The third-order valence-corrected chi connectivity index (χ3v) is 0.958. The summed E-state index contributed by atoms with van der Waals surface area (Å²) in [5.74, 6) is 0. The SMILES string of the molecule is [K+].[O-][I+2]([O-])OCl. The Labute approximate surface area is 91.6 Å². The van der Waals surface area contributed by atoms with Crippen molar-refractivity contribution in [3.63, 3.8) is 0 Å². The molecule has 0 aliphatic heterocycles. The van der Waals surface area contributed by atoms with Gasteiger partial charge >= 0.3 is 72.4 Å². The van der Waals surface area contributed by atoms with E-state index in [1.54, 1.807) is 0 Å². The second-order valence-electron chi connectivity index (χ2n) is 0.247. The number of hydrogen-bond donors (Lipinski definition) is 0. The van der Waals surface area contributed by atoms with Crippen molar-refractivity contribution in [3.05, 3.63) is 0 Å². The quantitative estimate of drug-likeness (QED) is 0.343. The predicted octanol–water partition coefficient (Wildman–Crippen LogP) is -7.75. The van der Waals surface area contributed by atoms with Gasteiger partial charge in [-0.15, -0.1) is 0 Å². The molecule has 0 aliphatic rings. The van der Waals surface area contributed by atoms with Gasteiger partial charge in [0.05, 0.1) is 2.62 Å². The first-order valence-corrected chi connectivity index (χ1v) is 3.57. The van der Waals surface area contributed by atoms with Crippen LogP contribution in [0, 0.1) is 0 Å². The molecule has 0 fully saturated rings. The van der Waals surface area contributed by atoms with Crippen LogP contribution in [-0.2, 0) is 2.62 Å². The van der Waals surface area contributed by atoms with E-state index in [2.05, 4.69) is 14.5 Å². The molecule has 0 aromatic heterocycles. The minimum absolute atomic E-state index is 0. The third-order valence-electron chi connectivity index (χ3n) is 0.0476. The molecule has 0 unspecified atom stereocenters. The Morgan fingerprint density at radius 1 is 1.50 bits per heavy atom. The maximum Gasteiger partial charge on any atom is 1.00 e. The fourth-order valence-corrected chi connectivity index (χ4v) is 0. The van der Waals surface area contributed by atoms with Crippen LogP contribution in [0.4, 0.5) is 0 Å². The molecule has 32 valence electrons. The third kappa shape index (κ3) is 9.74. The summed E-state index contributed by atoms with van der Waals surface area (Å²) in [6.07, 6.45) is 0. The zero-order valence-electron chi connectivity index (χ0n) is 2.98. The fourth-order valence-electron chi connectivity index (χ4n) is 0. The Morgan fingerprint density at radius 3 is 1.67 bits per heavy atom. The van der Waals surface area contributed by atoms with Crippen molar-refractivity contribution < 1.29 is 81.9 Å². The Hall–Kier alpha value is 2.54. The topological polar surface area (TPSA) is 55.3 Å². The van der Waals surface area contributed by atoms with Gasteiger partial charge in [-0.2, -0.15) is 0 Å². The molecule has 0 amide bonds. The van der Waals surface area contributed by atoms with E-state index in [0.29, 0.717) is 0 Å². The molecule has 0 spiro atoms. The van der Waals surface area contributed by atoms with E-state index >= 15 is 0 Å². The maximum absolute atomic E-state index is 9.14. The molecule has 0 N–H and O–H groups in total. The normalized spacial score (nSPS) is 8.00. The monoisotopic (exact) mass is 249 g/mol. The Kier molecular flexibility index (Phi) is 14.3. The first-order valence-electron chi connectivity index (χ1n) is 0.617. The Bertz CT molecular complexity index is 24.8. The van der Waals surface area contributed by atoms with Gasteiger partial charge in [-0.3, -0.25) is 0 Å². The van der Waals surface area contributed by atoms with Crippen molar-refractivity contribution in [1.29, 1.82) is 0 Å². The summed E-state index contributed by atoms with van der Waals surface area (Å²) in [4.78, 5) is 0. The van der Waals surface area contributed by atoms with E-state index in [4.69, 9.17) is 6.87 Å². The maximum atomic E-state index is 9.14. The molecule has 0 aromatic carbocycles. The minimum Gasteiger partial charge on any atom is -0.395 e. The summed E-state index contributed by atoms with van der Waals surface area (Å²) < 4.78 is 21.6. The molecule has 0 atom stereocenters. The minimum atomic E-state index is -3.52. The Morgan fingerprint density at radius 2 is 1.67 bits per heavy atom. The van der Waals surface area contributed by atoms with Gasteiger partial charge in [-0.1, -0.05) is 0 Å². The van der Waals surface area contributed by atoms with Crippen LogP contribution in [0.2, 0.25) is 0 Å². The summed E-state index contributed by atoms with van der Waals surface area (Å²) in [5.41, 5.74) is 0. The molecule has 0 bridgehead atoms. The predicted molar refractivity (Wildman–Crippen MR) is 6.94 cm³/mol. The number of hydrogen-bond acceptors (Lipinski definition) is 3. The zero-order chi connectivity index (χ0) is 4.28. The average molecular weight is 249 g/mol. The van der Waals surface area contributed by atoms with Gasteiger partial charge in [0.15, 0.2) is 11.9 Å². The van der Waals surface area contributed by atoms with E-state index in [9.17, 15) is 0 Å². The second kappa shape index (κ2) is 7.54. The molecule has 6 heteroatoms. The van der Waals surface area contributed by atoms with Crippen molar-refractivity contribution in [1.82, 2.24) is 0 Å². The van der Waals surface area contributed by atoms with Crippen molar-refractivity contribution >= 4 is 11.9 Å². The van der Waals surface area contributed by atoms with Gasteiger partial charge in [0, 0.05) is 0 Å². The van der Waals surface area contributed by atoms with Crippen molar-refractivity contribution in [2.24, 2.45) is 0 Å². The van der Waals surface area contributed by atoms with Gasteiger partial charge in [-0.25, -0.2) is 0 Å². The van der Waals surface area contributed by atoms with Gasteiger partial charge in [0.25, 0.3) is 0 Å². The molecule has 3 nitrogen and oxygen atoms in total. The molecule has 0 rings (SSSR count). The first kappa shape index (κ1) is 11.3. The molecule has 0 heterocycles. The van der Waals surface area contributed by atoms with E-state index in [1.165, 1.54) is 0 Å². The van der Waals surface area contributed by atoms with Crippen LogP contribution in [0.1, 0.15) is 0 Å². The van der Waals surface area contributed by atoms with Crippen LogP contribution in [0.25, 0.3) is 0 Å². The van der Waals surface area contributed by atoms with Crippen molar-refractivity contribution in [3.8, 4) is 0 Å². The van der Waals surface area contributed by atoms with E-state index in [1.807, 2.05) is 0 Å². The summed E-state index contributed by atoms with van der Waals surface area (Å²) in [5, 5.41) is 0. The fraction of sp³-hybridized carbons (Fsp3) is 0. The second-order valence-corrected chi connectivity index (χ2v) is 2.44. The van der Waals surface area contributed by atoms with Crippen molar-refractivity contribution in [2.45, 2.75) is 0 Å². The van der Waals surface area contributed by atoms with Crippen LogP contribution in [-0.4, -0.2) is 0 Å².